The van der Waals surface area contributed by atoms with Crippen LogP contribution in [0.3, 0.4) is 0 Å². The van der Waals surface area contributed by atoms with Gasteiger partial charge in [0.1, 0.15) is 11.5 Å². The zero-order chi connectivity index (χ0) is 13.1. The summed E-state index contributed by atoms with van der Waals surface area (Å²) in [5.74, 6) is 2.03. The third kappa shape index (κ3) is 3.00. The Morgan fingerprint density at radius 2 is 2.11 bits per heavy atom. The van der Waals surface area contributed by atoms with E-state index in [0.29, 0.717) is 0 Å². The summed E-state index contributed by atoms with van der Waals surface area (Å²) in [6.45, 7) is 8.38. The Morgan fingerprint density at radius 1 is 1.33 bits per heavy atom. The van der Waals surface area contributed by atoms with E-state index in [1.165, 1.54) is 0 Å². The minimum atomic E-state index is 0.197. The molecule has 0 aliphatic heterocycles. The highest BCUT2D eigenvalue weighted by atomic mass is 32.1. The Kier molecular flexibility index (Phi) is 4.19. The second-order valence-corrected chi connectivity index (χ2v) is 5.62. The van der Waals surface area contributed by atoms with Gasteiger partial charge in [0.25, 0.3) is 0 Å². The standard InChI is InChI=1S/C14H20N2OS/c1-5-12-6-7-14(17-12)10(3)15-9(2)13-8-18-11(4)16-13/h6-10,15H,5H2,1-4H3/t9-,10+/m1/s1. The first-order valence-electron chi connectivity index (χ1n) is 6.36. The van der Waals surface area contributed by atoms with Crippen molar-refractivity contribution in [2.75, 3.05) is 0 Å². The highest BCUT2D eigenvalue weighted by molar-refractivity contribution is 7.09. The van der Waals surface area contributed by atoms with Crippen LogP contribution in [0, 0.1) is 6.92 Å². The van der Waals surface area contributed by atoms with E-state index in [2.05, 4.69) is 42.5 Å². The van der Waals surface area contributed by atoms with Crippen LogP contribution >= 0.6 is 11.3 Å². The lowest BCUT2D eigenvalue weighted by Crippen LogP contribution is -2.22. The van der Waals surface area contributed by atoms with Crippen molar-refractivity contribution < 1.29 is 4.42 Å². The summed E-state index contributed by atoms with van der Waals surface area (Å²) in [7, 11) is 0. The molecule has 2 aromatic heterocycles. The third-order valence-electron chi connectivity index (χ3n) is 3.04. The smallest absolute Gasteiger partial charge is 0.120 e. The summed E-state index contributed by atoms with van der Waals surface area (Å²) in [5.41, 5.74) is 1.10. The van der Waals surface area contributed by atoms with Crippen LogP contribution < -0.4 is 5.32 Å². The minimum Gasteiger partial charge on any atom is -0.464 e. The fraction of sp³-hybridized carbons (Fsp3) is 0.500. The number of aromatic nitrogens is 1. The summed E-state index contributed by atoms with van der Waals surface area (Å²) >= 11 is 1.69. The van der Waals surface area contributed by atoms with Gasteiger partial charge >= 0.3 is 0 Å². The maximum absolute atomic E-state index is 5.76. The van der Waals surface area contributed by atoms with E-state index in [0.717, 1.165) is 28.6 Å². The number of aryl methyl sites for hydroxylation is 2. The van der Waals surface area contributed by atoms with Crippen LogP contribution in [0.5, 0.6) is 0 Å². The van der Waals surface area contributed by atoms with Crippen molar-refractivity contribution in [2.45, 2.75) is 46.2 Å². The summed E-state index contributed by atoms with van der Waals surface area (Å²) in [4.78, 5) is 4.50. The second-order valence-electron chi connectivity index (χ2n) is 4.56. The quantitative estimate of drug-likeness (QED) is 0.886. The first kappa shape index (κ1) is 13.3. The molecule has 3 nitrogen and oxygen atoms in total. The fourth-order valence-electron chi connectivity index (χ4n) is 1.94. The normalized spacial score (nSPS) is 14.7. The van der Waals surface area contributed by atoms with Crippen LogP contribution in [0.4, 0.5) is 0 Å². The molecule has 2 heterocycles. The Labute approximate surface area is 112 Å². The SMILES string of the molecule is CCc1ccc([C@H](C)N[C@H](C)c2csc(C)n2)o1. The predicted octanol–water partition coefficient (Wildman–Crippen LogP) is 4.02. The van der Waals surface area contributed by atoms with Gasteiger partial charge in [-0.3, -0.25) is 5.32 Å². The van der Waals surface area contributed by atoms with E-state index < -0.39 is 0 Å². The van der Waals surface area contributed by atoms with E-state index >= 15 is 0 Å². The molecule has 0 spiro atoms. The lowest BCUT2D eigenvalue weighted by molar-refractivity contribution is 0.385. The average Bonchev–Trinajstić information content (AvgIpc) is 2.97. The van der Waals surface area contributed by atoms with Gasteiger partial charge in [0, 0.05) is 17.8 Å². The van der Waals surface area contributed by atoms with Crippen LogP contribution in [0.2, 0.25) is 0 Å². The topological polar surface area (TPSA) is 38.1 Å². The van der Waals surface area contributed by atoms with Crippen molar-refractivity contribution in [3.63, 3.8) is 0 Å². The fourth-order valence-corrected chi connectivity index (χ4v) is 2.65. The maximum Gasteiger partial charge on any atom is 0.120 e. The Morgan fingerprint density at radius 3 is 2.67 bits per heavy atom. The molecule has 0 amide bonds. The highest BCUT2D eigenvalue weighted by Crippen LogP contribution is 2.22. The number of nitrogens with zero attached hydrogens (tertiary/aromatic N) is 1. The Balaban J connectivity index is 2.00. The summed E-state index contributed by atoms with van der Waals surface area (Å²) in [6.07, 6.45) is 0.938. The summed E-state index contributed by atoms with van der Waals surface area (Å²) < 4.78 is 5.76. The van der Waals surface area contributed by atoms with Gasteiger partial charge in [-0.15, -0.1) is 11.3 Å². The van der Waals surface area contributed by atoms with Crippen molar-refractivity contribution in [1.82, 2.24) is 10.3 Å². The van der Waals surface area contributed by atoms with Crippen LogP contribution in [0.15, 0.2) is 21.9 Å². The van der Waals surface area contributed by atoms with Gasteiger partial charge in [-0.2, -0.15) is 0 Å². The first-order chi connectivity index (χ1) is 8.60. The highest BCUT2D eigenvalue weighted by Gasteiger charge is 2.15. The molecule has 4 heteroatoms. The molecule has 0 aromatic carbocycles. The molecule has 2 rings (SSSR count). The van der Waals surface area contributed by atoms with Gasteiger partial charge in [0.15, 0.2) is 0 Å². The molecule has 2 atom stereocenters. The number of rotatable bonds is 5. The zero-order valence-corrected chi connectivity index (χ0v) is 12.2. The van der Waals surface area contributed by atoms with Crippen LogP contribution in [-0.4, -0.2) is 4.98 Å². The molecule has 98 valence electrons. The van der Waals surface area contributed by atoms with Gasteiger partial charge in [-0.05, 0) is 32.9 Å². The van der Waals surface area contributed by atoms with Gasteiger partial charge in [-0.25, -0.2) is 4.98 Å². The molecule has 1 N–H and O–H groups in total. The molecule has 0 bridgehead atoms. The van der Waals surface area contributed by atoms with Crippen LogP contribution in [0.25, 0.3) is 0 Å². The van der Waals surface area contributed by atoms with Gasteiger partial charge < -0.3 is 4.42 Å². The summed E-state index contributed by atoms with van der Waals surface area (Å²) in [6, 6.07) is 4.53. The van der Waals surface area contributed by atoms with E-state index in [9.17, 15) is 0 Å². The molecule has 0 fully saturated rings. The zero-order valence-electron chi connectivity index (χ0n) is 11.4. The molecule has 0 radical (unpaired) electrons. The lowest BCUT2D eigenvalue weighted by Gasteiger charge is -2.16. The Bertz CT molecular complexity index is 503. The van der Waals surface area contributed by atoms with Gasteiger partial charge in [-0.1, -0.05) is 6.92 Å². The number of hydrogen-bond acceptors (Lipinski definition) is 4. The van der Waals surface area contributed by atoms with Gasteiger partial charge in [0.2, 0.25) is 0 Å². The maximum atomic E-state index is 5.76. The second kappa shape index (κ2) is 5.67. The molecular formula is C14H20N2OS. The van der Waals surface area contributed by atoms with Crippen molar-refractivity contribution in [3.8, 4) is 0 Å². The molecule has 0 unspecified atom stereocenters. The summed E-state index contributed by atoms with van der Waals surface area (Å²) in [5, 5.41) is 6.73. The first-order valence-corrected chi connectivity index (χ1v) is 7.24. The van der Waals surface area contributed by atoms with E-state index in [4.69, 9.17) is 4.42 Å². The van der Waals surface area contributed by atoms with Crippen LogP contribution in [0.1, 0.15) is 55.1 Å². The number of hydrogen-bond donors (Lipinski definition) is 1. The molecule has 2 aromatic rings. The van der Waals surface area contributed by atoms with E-state index in [1.54, 1.807) is 11.3 Å². The lowest BCUT2D eigenvalue weighted by atomic mass is 10.2. The number of furan rings is 1. The monoisotopic (exact) mass is 264 g/mol. The molecule has 0 saturated heterocycles. The van der Waals surface area contributed by atoms with Crippen molar-refractivity contribution >= 4 is 11.3 Å². The predicted molar refractivity (Wildman–Crippen MR) is 74.9 cm³/mol. The van der Waals surface area contributed by atoms with E-state index in [-0.39, 0.29) is 12.1 Å². The van der Waals surface area contributed by atoms with Crippen molar-refractivity contribution in [2.24, 2.45) is 0 Å². The van der Waals surface area contributed by atoms with Crippen molar-refractivity contribution in [1.29, 1.82) is 0 Å². The molecule has 0 aliphatic rings. The molecule has 0 saturated carbocycles. The van der Waals surface area contributed by atoms with E-state index in [1.807, 2.05) is 13.0 Å². The Hall–Kier alpha value is -1.13. The molecule has 0 aliphatic carbocycles. The number of nitrogens with one attached hydrogen (secondary N) is 1. The third-order valence-corrected chi connectivity index (χ3v) is 3.83. The minimum absolute atomic E-state index is 0.197. The molecule has 18 heavy (non-hydrogen) atoms. The van der Waals surface area contributed by atoms with Crippen LogP contribution in [-0.2, 0) is 6.42 Å². The molecular weight excluding hydrogens is 244 g/mol. The van der Waals surface area contributed by atoms with Crippen molar-refractivity contribution in [3.05, 3.63) is 39.7 Å². The van der Waals surface area contributed by atoms with Gasteiger partial charge in [0.05, 0.1) is 16.7 Å². The largest absolute Gasteiger partial charge is 0.464 e. The average molecular weight is 264 g/mol. The number of thiazole rings is 1.